The predicted molar refractivity (Wildman–Crippen MR) is 73.6 cm³/mol. The molecule has 1 aliphatic rings. The van der Waals surface area contributed by atoms with Crippen LogP contribution < -0.4 is 16.6 Å². The van der Waals surface area contributed by atoms with E-state index in [0.717, 1.165) is 35.2 Å². The second-order valence-electron chi connectivity index (χ2n) is 5.02. The Bertz CT molecular complexity index is 627. The van der Waals surface area contributed by atoms with Crippen LogP contribution in [0, 0.1) is 0 Å². The van der Waals surface area contributed by atoms with Crippen LogP contribution in [0.3, 0.4) is 0 Å². The van der Waals surface area contributed by atoms with E-state index in [1.807, 2.05) is 0 Å². The summed E-state index contributed by atoms with van der Waals surface area (Å²) in [5.41, 5.74) is -1.03. The maximum absolute atomic E-state index is 12.2. The molecular formula is C12H19N5O3. The lowest BCUT2D eigenvalue weighted by molar-refractivity contribution is -0.130. The SMILES string of the molecule is CC(Nc1nn(C)c(=O)n(C)c1=O)C(=O)N1CCCC1. The highest BCUT2D eigenvalue weighted by Gasteiger charge is 2.24. The van der Waals surface area contributed by atoms with Gasteiger partial charge in [-0.1, -0.05) is 0 Å². The monoisotopic (exact) mass is 281 g/mol. The topological polar surface area (TPSA) is 89.2 Å². The minimum atomic E-state index is -0.550. The molecule has 1 N–H and O–H groups in total. The molecular weight excluding hydrogens is 262 g/mol. The molecule has 0 bridgehead atoms. The lowest BCUT2D eigenvalue weighted by Crippen LogP contribution is -2.44. The van der Waals surface area contributed by atoms with Crippen LogP contribution in [0.25, 0.3) is 0 Å². The van der Waals surface area contributed by atoms with Gasteiger partial charge in [-0.25, -0.2) is 9.48 Å². The Balaban J connectivity index is 2.19. The molecule has 1 fully saturated rings. The summed E-state index contributed by atoms with van der Waals surface area (Å²) in [5, 5.41) is 6.67. The number of hydrogen-bond donors (Lipinski definition) is 1. The van der Waals surface area contributed by atoms with Crippen LogP contribution in [0.5, 0.6) is 0 Å². The number of likely N-dealkylation sites (tertiary alicyclic amines) is 1. The zero-order chi connectivity index (χ0) is 14.9. The largest absolute Gasteiger partial charge is 0.353 e. The highest BCUT2D eigenvalue weighted by molar-refractivity contribution is 5.84. The van der Waals surface area contributed by atoms with Crippen molar-refractivity contribution < 1.29 is 4.79 Å². The lowest BCUT2D eigenvalue weighted by atomic mass is 10.3. The number of hydrogen-bond acceptors (Lipinski definition) is 5. The second kappa shape index (κ2) is 5.48. The first-order valence-electron chi connectivity index (χ1n) is 6.61. The summed E-state index contributed by atoms with van der Waals surface area (Å²) < 4.78 is 2.03. The van der Waals surface area contributed by atoms with Crippen molar-refractivity contribution >= 4 is 11.7 Å². The van der Waals surface area contributed by atoms with Crippen molar-refractivity contribution in [2.45, 2.75) is 25.8 Å². The van der Waals surface area contributed by atoms with Crippen LogP contribution in [0.1, 0.15) is 19.8 Å². The third kappa shape index (κ3) is 2.59. The highest BCUT2D eigenvalue weighted by Crippen LogP contribution is 2.10. The zero-order valence-electron chi connectivity index (χ0n) is 11.9. The van der Waals surface area contributed by atoms with Crippen molar-refractivity contribution in [3.05, 3.63) is 20.8 Å². The molecule has 2 heterocycles. The third-order valence-electron chi connectivity index (χ3n) is 3.46. The van der Waals surface area contributed by atoms with Gasteiger partial charge < -0.3 is 10.2 Å². The fraction of sp³-hybridized carbons (Fsp3) is 0.667. The van der Waals surface area contributed by atoms with Gasteiger partial charge in [0.15, 0.2) is 0 Å². The van der Waals surface area contributed by atoms with Crippen molar-refractivity contribution in [1.29, 1.82) is 0 Å². The van der Waals surface area contributed by atoms with Crippen molar-refractivity contribution in [1.82, 2.24) is 19.2 Å². The molecule has 0 radical (unpaired) electrons. The van der Waals surface area contributed by atoms with Gasteiger partial charge in [-0.2, -0.15) is 0 Å². The first kappa shape index (κ1) is 14.3. The van der Waals surface area contributed by atoms with E-state index >= 15 is 0 Å². The smallest absolute Gasteiger partial charge is 0.346 e. The second-order valence-corrected chi connectivity index (χ2v) is 5.02. The number of aryl methyl sites for hydroxylation is 1. The first-order valence-corrected chi connectivity index (χ1v) is 6.61. The van der Waals surface area contributed by atoms with E-state index in [2.05, 4.69) is 10.4 Å². The summed E-state index contributed by atoms with van der Waals surface area (Å²) in [6.07, 6.45) is 2.02. The first-order chi connectivity index (χ1) is 9.41. The minimum absolute atomic E-state index is 0.00893. The molecule has 1 aromatic rings. The van der Waals surface area contributed by atoms with Crippen LogP contribution >= 0.6 is 0 Å². The summed E-state index contributed by atoms with van der Waals surface area (Å²) in [7, 11) is 2.84. The number of carbonyl (C=O) groups is 1. The fourth-order valence-electron chi connectivity index (χ4n) is 2.27. The van der Waals surface area contributed by atoms with Crippen molar-refractivity contribution in [2.24, 2.45) is 14.1 Å². The normalized spacial score (nSPS) is 16.2. The summed E-state index contributed by atoms with van der Waals surface area (Å²) in [6.45, 7) is 3.19. The molecule has 0 saturated carbocycles. The maximum Gasteiger partial charge on any atom is 0.346 e. The number of nitrogens with zero attached hydrogens (tertiary/aromatic N) is 4. The van der Waals surface area contributed by atoms with E-state index < -0.39 is 17.3 Å². The summed E-state index contributed by atoms with van der Waals surface area (Å²) in [4.78, 5) is 37.4. The van der Waals surface area contributed by atoms with Gasteiger partial charge in [0.2, 0.25) is 11.7 Å². The molecule has 1 unspecified atom stereocenters. The van der Waals surface area contributed by atoms with Crippen LogP contribution in [-0.2, 0) is 18.9 Å². The fourth-order valence-corrected chi connectivity index (χ4v) is 2.27. The Morgan fingerprint density at radius 1 is 1.25 bits per heavy atom. The average Bonchev–Trinajstić information content (AvgIpc) is 2.95. The van der Waals surface area contributed by atoms with Crippen molar-refractivity contribution in [2.75, 3.05) is 18.4 Å². The lowest BCUT2D eigenvalue weighted by Gasteiger charge is -2.21. The molecule has 1 aliphatic heterocycles. The number of amides is 1. The third-order valence-corrected chi connectivity index (χ3v) is 3.46. The zero-order valence-corrected chi connectivity index (χ0v) is 11.9. The maximum atomic E-state index is 12.2. The van der Waals surface area contributed by atoms with Gasteiger partial charge in [-0.15, -0.1) is 5.10 Å². The molecule has 20 heavy (non-hydrogen) atoms. The molecule has 1 saturated heterocycles. The summed E-state index contributed by atoms with van der Waals surface area (Å²) >= 11 is 0. The van der Waals surface area contributed by atoms with Gasteiger partial charge in [0.05, 0.1) is 0 Å². The van der Waals surface area contributed by atoms with Gasteiger partial charge in [0.1, 0.15) is 6.04 Å². The Morgan fingerprint density at radius 2 is 1.85 bits per heavy atom. The average molecular weight is 281 g/mol. The molecule has 1 aromatic heterocycles. The Labute approximate surface area is 116 Å². The predicted octanol–water partition coefficient (Wildman–Crippen LogP) is -1.10. The number of carbonyl (C=O) groups excluding carboxylic acids is 1. The van der Waals surface area contributed by atoms with E-state index in [4.69, 9.17) is 0 Å². The molecule has 0 spiro atoms. The van der Waals surface area contributed by atoms with Crippen LogP contribution in [0.2, 0.25) is 0 Å². The van der Waals surface area contributed by atoms with Crippen molar-refractivity contribution in [3.63, 3.8) is 0 Å². The van der Waals surface area contributed by atoms with Gasteiger partial charge >= 0.3 is 5.69 Å². The quantitative estimate of drug-likeness (QED) is 0.760. The van der Waals surface area contributed by atoms with Crippen LogP contribution in [0.15, 0.2) is 9.59 Å². The standard InChI is InChI=1S/C12H19N5O3/c1-8(10(18)17-6-4-5-7-17)13-9-11(19)15(2)12(20)16(3)14-9/h8H,4-7H2,1-3H3,(H,13,14). The summed E-state index contributed by atoms with van der Waals surface area (Å²) in [5.74, 6) is -0.0464. The molecule has 2 rings (SSSR count). The van der Waals surface area contributed by atoms with Gasteiger partial charge in [-0.3, -0.25) is 14.2 Å². The van der Waals surface area contributed by atoms with Gasteiger partial charge in [0, 0.05) is 27.2 Å². The molecule has 1 atom stereocenters. The van der Waals surface area contributed by atoms with E-state index in [9.17, 15) is 14.4 Å². The molecule has 0 aromatic carbocycles. The number of anilines is 1. The van der Waals surface area contributed by atoms with Gasteiger partial charge in [0.25, 0.3) is 5.56 Å². The number of aromatic nitrogens is 3. The highest BCUT2D eigenvalue weighted by atomic mass is 16.2. The van der Waals surface area contributed by atoms with Crippen LogP contribution in [-0.4, -0.2) is 44.3 Å². The van der Waals surface area contributed by atoms with Crippen LogP contribution in [0.4, 0.5) is 5.82 Å². The van der Waals surface area contributed by atoms with Gasteiger partial charge in [-0.05, 0) is 19.8 Å². The summed E-state index contributed by atoms with van der Waals surface area (Å²) in [6, 6.07) is -0.550. The van der Waals surface area contributed by atoms with E-state index in [1.165, 1.54) is 14.1 Å². The Hall–Kier alpha value is -2.12. The van der Waals surface area contributed by atoms with E-state index in [0.29, 0.717) is 0 Å². The Kier molecular flexibility index (Phi) is 3.91. The van der Waals surface area contributed by atoms with Crippen molar-refractivity contribution in [3.8, 4) is 0 Å². The molecule has 8 heteroatoms. The number of nitrogens with one attached hydrogen (secondary N) is 1. The van der Waals surface area contributed by atoms with E-state index in [-0.39, 0.29) is 11.7 Å². The van der Waals surface area contributed by atoms with E-state index in [1.54, 1.807) is 11.8 Å². The molecule has 1 amide bonds. The Morgan fingerprint density at radius 3 is 2.45 bits per heavy atom. The number of rotatable bonds is 3. The minimum Gasteiger partial charge on any atom is -0.353 e. The molecule has 0 aliphatic carbocycles. The molecule has 110 valence electrons. The molecule has 8 nitrogen and oxygen atoms in total.